The van der Waals surface area contributed by atoms with Crippen molar-refractivity contribution in [3.05, 3.63) is 41.2 Å². The van der Waals surface area contributed by atoms with E-state index in [0.717, 1.165) is 31.5 Å². The first-order chi connectivity index (χ1) is 13.2. The van der Waals surface area contributed by atoms with E-state index in [0.29, 0.717) is 38.2 Å². The van der Waals surface area contributed by atoms with Gasteiger partial charge in [-0.1, -0.05) is 30.3 Å². The first kappa shape index (κ1) is 18.0. The third kappa shape index (κ3) is 3.68. The number of rotatable bonds is 3. The highest BCUT2D eigenvalue weighted by Crippen LogP contribution is 2.36. The molecule has 1 aromatic carbocycles. The smallest absolute Gasteiger partial charge is 0.231 e. The van der Waals surface area contributed by atoms with Crippen molar-refractivity contribution in [1.82, 2.24) is 15.0 Å². The number of nitriles is 1. The SMILES string of the molecule is N#CC1(c2ccccc2)CCN(c2nc(Cl)nc(N3CCOCC3)n2)CC1. The molecule has 0 aliphatic carbocycles. The van der Waals surface area contributed by atoms with Crippen molar-refractivity contribution in [2.45, 2.75) is 18.3 Å². The summed E-state index contributed by atoms with van der Waals surface area (Å²) in [7, 11) is 0. The van der Waals surface area contributed by atoms with E-state index in [1.165, 1.54) is 0 Å². The maximum Gasteiger partial charge on any atom is 0.231 e. The number of halogens is 1. The van der Waals surface area contributed by atoms with Crippen molar-refractivity contribution in [3.8, 4) is 6.07 Å². The van der Waals surface area contributed by atoms with Crippen LogP contribution in [0.4, 0.5) is 11.9 Å². The van der Waals surface area contributed by atoms with Gasteiger partial charge < -0.3 is 14.5 Å². The average Bonchev–Trinajstić information content (AvgIpc) is 2.74. The minimum atomic E-state index is -0.457. The van der Waals surface area contributed by atoms with Crippen LogP contribution in [0.15, 0.2) is 30.3 Å². The van der Waals surface area contributed by atoms with Gasteiger partial charge in [-0.2, -0.15) is 20.2 Å². The van der Waals surface area contributed by atoms with Crippen molar-refractivity contribution in [3.63, 3.8) is 0 Å². The van der Waals surface area contributed by atoms with E-state index in [1.807, 2.05) is 30.3 Å². The summed E-state index contributed by atoms with van der Waals surface area (Å²) >= 11 is 6.17. The van der Waals surface area contributed by atoms with E-state index < -0.39 is 5.41 Å². The second-order valence-corrected chi connectivity index (χ2v) is 7.19. The molecule has 8 heteroatoms. The number of ether oxygens (including phenoxy) is 1. The van der Waals surface area contributed by atoms with Crippen LogP contribution in [0.25, 0.3) is 0 Å². The Balaban J connectivity index is 1.53. The van der Waals surface area contributed by atoms with Crippen LogP contribution >= 0.6 is 11.6 Å². The maximum absolute atomic E-state index is 9.86. The lowest BCUT2D eigenvalue weighted by Gasteiger charge is -2.37. The highest BCUT2D eigenvalue weighted by atomic mass is 35.5. The number of piperidine rings is 1. The second-order valence-electron chi connectivity index (χ2n) is 6.85. The van der Waals surface area contributed by atoms with Crippen molar-refractivity contribution >= 4 is 23.5 Å². The Morgan fingerprint density at radius 3 is 2.11 bits per heavy atom. The monoisotopic (exact) mass is 384 g/mol. The molecule has 4 rings (SSSR count). The molecule has 0 spiro atoms. The number of aromatic nitrogens is 3. The molecule has 2 aliphatic rings. The fraction of sp³-hybridized carbons (Fsp3) is 0.474. The van der Waals surface area contributed by atoms with E-state index in [1.54, 1.807) is 0 Å². The molecule has 0 bridgehead atoms. The van der Waals surface area contributed by atoms with Gasteiger partial charge in [0.15, 0.2) is 0 Å². The zero-order valence-electron chi connectivity index (χ0n) is 15.0. The number of morpholine rings is 1. The van der Waals surface area contributed by atoms with Crippen molar-refractivity contribution in [2.75, 3.05) is 49.2 Å². The van der Waals surface area contributed by atoms with Gasteiger partial charge in [-0.15, -0.1) is 0 Å². The molecule has 140 valence electrons. The largest absolute Gasteiger partial charge is 0.378 e. The molecule has 0 radical (unpaired) electrons. The van der Waals surface area contributed by atoms with Crippen molar-refractivity contribution in [1.29, 1.82) is 5.26 Å². The predicted octanol–water partition coefficient (Wildman–Crippen LogP) is 2.42. The number of nitrogens with zero attached hydrogens (tertiary/aromatic N) is 6. The lowest BCUT2D eigenvalue weighted by atomic mass is 9.74. The normalized spacial score (nSPS) is 19.6. The van der Waals surface area contributed by atoms with Crippen molar-refractivity contribution in [2.24, 2.45) is 0 Å². The summed E-state index contributed by atoms with van der Waals surface area (Å²) in [5, 5.41) is 10.1. The lowest BCUT2D eigenvalue weighted by molar-refractivity contribution is 0.122. The number of anilines is 2. The van der Waals surface area contributed by atoms with Gasteiger partial charge in [-0.25, -0.2) is 0 Å². The molecule has 1 aromatic heterocycles. The summed E-state index contributed by atoms with van der Waals surface area (Å²) in [6, 6.07) is 12.6. The van der Waals surface area contributed by atoms with Crippen LogP contribution in [-0.2, 0) is 10.2 Å². The third-order valence-electron chi connectivity index (χ3n) is 5.32. The fourth-order valence-corrected chi connectivity index (χ4v) is 3.84. The van der Waals surface area contributed by atoms with Gasteiger partial charge in [0.1, 0.15) is 0 Å². The second kappa shape index (κ2) is 7.67. The van der Waals surface area contributed by atoms with Crippen LogP contribution in [0, 0.1) is 11.3 Å². The van der Waals surface area contributed by atoms with Gasteiger partial charge in [0.05, 0.1) is 24.7 Å². The summed E-state index contributed by atoms with van der Waals surface area (Å²) in [5.74, 6) is 1.17. The van der Waals surface area contributed by atoms with Gasteiger partial charge in [0.25, 0.3) is 0 Å². The summed E-state index contributed by atoms with van der Waals surface area (Å²) in [4.78, 5) is 17.4. The van der Waals surface area contributed by atoms with E-state index in [4.69, 9.17) is 16.3 Å². The van der Waals surface area contributed by atoms with E-state index >= 15 is 0 Å². The molecule has 2 aromatic rings. The summed E-state index contributed by atoms with van der Waals surface area (Å²) in [6.45, 7) is 4.20. The van der Waals surface area contributed by atoms with Crippen LogP contribution in [0.2, 0.25) is 5.28 Å². The van der Waals surface area contributed by atoms with Gasteiger partial charge >= 0.3 is 0 Å². The standard InChI is InChI=1S/C19H21ClN6O/c20-16-22-17(24-18(23-16)26-10-12-27-13-11-26)25-8-6-19(14-21,7-9-25)15-4-2-1-3-5-15/h1-5H,6-13H2. The quantitative estimate of drug-likeness (QED) is 0.804. The highest BCUT2D eigenvalue weighted by molar-refractivity contribution is 6.28. The zero-order valence-corrected chi connectivity index (χ0v) is 15.8. The Kier molecular flexibility index (Phi) is 5.10. The lowest BCUT2D eigenvalue weighted by Crippen LogP contribution is -2.43. The maximum atomic E-state index is 9.86. The number of hydrogen-bond donors (Lipinski definition) is 0. The summed E-state index contributed by atoms with van der Waals surface area (Å²) in [5.41, 5.74) is 0.622. The van der Waals surface area contributed by atoms with Crippen LogP contribution < -0.4 is 9.80 Å². The molecular weight excluding hydrogens is 364 g/mol. The van der Waals surface area contributed by atoms with Gasteiger partial charge in [0, 0.05) is 26.2 Å². The summed E-state index contributed by atoms with van der Waals surface area (Å²) < 4.78 is 5.39. The molecule has 0 atom stereocenters. The minimum absolute atomic E-state index is 0.196. The molecular formula is C19H21ClN6O. The first-order valence-corrected chi connectivity index (χ1v) is 9.54. The summed E-state index contributed by atoms with van der Waals surface area (Å²) in [6.07, 6.45) is 1.45. The van der Waals surface area contributed by atoms with E-state index in [-0.39, 0.29) is 5.28 Å². The number of benzene rings is 1. The van der Waals surface area contributed by atoms with E-state index in [2.05, 4.69) is 30.8 Å². The fourth-order valence-electron chi connectivity index (χ4n) is 3.69. The third-order valence-corrected chi connectivity index (χ3v) is 5.49. The van der Waals surface area contributed by atoms with Crippen LogP contribution in [-0.4, -0.2) is 54.3 Å². The molecule has 2 saturated heterocycles. The Labute approximate surface area is 163 Å². The molecule has 0 N–H and O–H groups in total. The van der Waals surface area contributed by atoms with E-state index in [9.17, 15) is 5.26 Å². The Morgan fingerprint density at radius 2 is 1.52 bits per heavy atom. The Morgan fingerprint density at radius 1 is 0.926 bits per heavy atom. The molecule has 2 fully saturated rings. The van der Waals surface area contributed by atoms with Gasteiger partial charge in [-0.3, -0.25) is 0 Å². The molecule has 2 aliphatic heterocycles. The zero-order chi connectivity index (χ0) is 18.7. The Bertz CT molecular complexity index is 826. The topological polar surface area (TPSA) is 78.2 Å². The molecule has 7 nitrogen and oxygen atoms in total. The Hall–Kier alpha value is -2.43. The molecule has 3 heterocycles. The number of hydrogen-bond acceptors (Lipinski definition) is 7. The van der Waals surface area contributed by atoms with Crippen LogP contribution in [0.1, 0.15) is 18.4 Å². The predicted molar refractivity (Wildman–Crippen MR) is 103 cm³/mol. The first-order valence-electron chi connectivity index (χ1n) is 9.16. The van der Waals surface area contributed by atoms with Crippen LogP contribution in [0.5, 0.6) is 0 Å². The van der Waals surface area contributed by atoms with Gasteiger partial charge in [-0.05, 0) is 30.0 Å². The minimum Gasteiger partial charge on any atom is -0.378 e. The average molecular weight is 385 g/mol. The molecule has 0 amide bonds. The molecule has 0 saturated carbocycles. The molecule has 27 heavy (non-hydrogen) atoms. The van der Waals surface area contributed by atoms with Crippen LogP contribution in [0.3, 0.4) is 0 Å². The van der Waals surface area contributed by atoms with Crippen molar-refractivity contribution < 1.29 is 4.74 Å². The molecule has 0 unspecified atom stereocenters. The highest BCUT2D eigenvalue weighted by Gasteiger charge is 2.37. The van der Waals surface area contributed by atoms with Gasteiger partial charge in [0.2, 0.25) is 17.2 Å².